The Morgan fingerprint density at radius 3 is 2.81 bits per heavy atom. The predicted molar refractivity (Wildman–Crippen MR) is 76.2 cm³/mol. The van der Waals surface area contributed by atoms with Crippen molar-refractivity contribution in [3.8, 4) is 11.5 Å². The second-order valence-corrected chi connectivity index (χ2v) is 5.23. The molecule has 1 aromatic carbocycles. The first-order valence-electron chi connectivity index (χ1n) is 7.07. The maximum Gasteiger partial charge on any atom is 0.161 e. The minimum atomic E-state index is 0.311. The van der Waals surface area contributed by atoms with Crippen LogP contribution in [0.3, 0.4) is 0 Å². The highest BCUT2D eigenvalue weighted by Gasteiger charge is 2.20. The van der Waals surface area contributed by atoms with Crippen molar-refractivity contribution in [2.75, 3.05) is 7.11 Å². The molecule has 0 atom stereocenters. The van der Waals surface area contributed by atoms with Crippen molar-refractivity contribution in [3.05, 3.63) is 35.2 Å². The van der Waals surface area contributed by atoms with Crippen molar-refractivity contribution in [1.29, 1.82) is 0 Å². The molecule has 0 bridgehead atoms. The molecule has 0 aliphatic heterocycles. The molecule has 3 rings (SSSR count). The average Bonchev–Trinajstić information content (AvgIpc) is 3.25. The molecular weight excluding hydrogens is 270 g/mol. The fourth-order valence-corrected chi connectivity index (χ4v) is 2.02. The van der Waals surface area contributed by atoms with Gasteiger partial charge >= 0.3 is 0 Å². The molecule has 0 amide bonds. The van der Waals surface area contributed by atoms with E-state index in [1.165, 1.54) is 18.4 Å². The van der Waals surface area contributed by atoms with Gasteiger partial charge in [-0.1, -0.05) is 16.4 Å². The minimum absolute atomic E-state index is 0.311. The predicted octanol–water partition coefficient (Wildman–Crippen LogP) is 2.22. The number of methoxy groups -OCH3 is 1. The normalized spacial score (nSPS) is 14.2. The highest BCUT2D eigenvalue weighted by Crippen LogP contribution is 2.29. The Morgan fingerprint density at radius 1 is 1.29 bits per heavy atom. The number of rotatable bonds is 7. The van der Waals surface area contributed by atoms with E-state index in [0.29, 0.717) is 24.1 Å². The number of aryl methyl sites for hydroxylation is 1. The van der Waals surface area contributed by atoms with E-state index < -0.39 is 0 Å². The lowest BCUT2D eigenvalue weighted by Gasteiger charge is -2.12. The van der Waals surface area contributed by atoms with Gasteiger partial charge in [-0.2, -0.15) is 0 Å². The highest BCUT2D eigenvalue weighted by molar-refractivity contribution is 5.43. The molecule has 112 valence electrons. The molecule has 1 heterocycles. The summed E-state index contributed by atoms with van der Waals surface area (Å²) in [5.74, 6) is 1.41. The standard InChI is InChI=1S/C15H19N3O3/c1-10-13(18-21-17-10)9-20-14-6-3-11(7-15(14)19-2)8-16-12-4-5-12/h3,6-7,12,16H,4-5,8-9H2,1-2H3. The summed E-state index contributed by atoms with van der Waals surface area (Å²) < 4.78 is 15.8. The largest absolute Gasteiger partial charge is 0.493 e. The van der Waals surface area contributed by atoms with Crippen molar-refractivity contribution in [1.82, 2.24) is 15.6 Å². The number of nitrogens with zero attached hydrogens (tertiary/aromatic N) is 2. The van der Waals surface area contributed by atoms with Crippen molar-refractivity contribution in [2.45, 2.75) is 39.0 Å². The molecule has 1 N–H and O–H groups in total. The average molecular weight is 289 g/mol. The van der Waals surface area contributed by atoms with Crippen LogP contribution in [0.15, 0.2) is 22.8 Å². The zero-order chi connectivity index (χ0) is 14.7. The lowest BCUT2D eigenvalue weighted by atomic mass is 10.2. The molecule has 0 radical (unpaired) electrons. The lowest BCUT2D eigenvalue weighted by molar-refractivity contribution is 0.260. The van der Waals surface area contributed by atoms with Crippen LogP contribution in [0.5, 0.6) is 11.5 Å². The third-order valence-corrected chi connectivity index (χ3v) is 3.51. The van der Waals surface area contributed by atoms with Crippen LogP contribution in [0.25, 0.3) is 0 Å². The molecule has 21 heavy (non-hydrogen) atoms. The summed E-state index contributed by atoms with van der Waals surface area (Å²) in [6.07, 6.45) is 2.56. The van der Waals surface area contributed by atoms with Crippen LogP contribution in [0, 0.1) is 6.92 Å². The fourth-order valence-electron chi connectivity index (χ4n) is 2.02. The number of benzene rings is 1. The Balaban J connectivity index is 1.64. The molecule has 1 aliphatic rings. The van der Waals surface area contributed by atoms with Crippen LogP contribution in [0.2, 0.25) is 0 Å². The second-order valence-electron chi connectivity index (χ2n) is 5.23. The van der Waals surface area contributed by atoms with Crippen LogP contribution in [-0.4, -0.2) is 23.5 Å². The molecule has 6 heteroatoms. The monoisotopic (exact) mass is 289 g/mol. The molecule has 1 fully saturated rings. The minimum Gasteiger partial charge on any atom is -0.493 e. The maximum absolute atomic E-state index is 5.74. The zero-order valence-corrected chi connectivity index (χ0v) is 12.3. The van der Waals surface area contributed by atoms with Gasteiger partial charge in [-0.15, -0.1) is 0 Å². The highest BCUT2D eigenvalue weighted by atomic mass is 16.6. The zero-order valence-electron chi connectivity index (χ0n) is 12.3. The summed E-state index contributed by atoms with van der Waals surface area (Å²) >= 11 is 0. The first kappa shape index (κ1) is 13.9. The number of ether oxygens (including phenoxy) is 2. The van der Waals surface area contributed by atoms with E-state index in [9.17, 15) is 0 Å². The Bertz CT molecular complexity index is 608. The van der Waals surface area contributed by atoms with Crippen LogP contribution < -0.4 is 14.8 Å². The Kier molecular flexibility index (Phi) is 4.06. The van der Waals surface area contributed by atoms with E-state index in [4.69, 9.17) is 9.47 Å². The van der Waals surface area contributed by atoms with Gasteiger partial charge in [-0.05, 0) is 37.5 Å². The van der Waals surface area contributed by atoms with Crippen molar-refractivity contribution >= 4 is 0 Å². The second kappa shape index (κ2) is 6.13. The Hall–Kier alpha value is -2.08. The van der Waals surface area contributed by atoms with E-state index in [0.717, 1.165) is 18.0 Å². The summed E-state index contributed by atoms with van der Waals surface area (Å²) in [7, 11) is 1.64. The molecule has 0 saturated heterocycles. The van der Waals surface area contributed by atoms with E-state index in [-0.39, 0.29) is 0 Å². The molecule has 1 saturated carbocycles. The molecule has 1 aliphatic carbocycles. The van der Waals surface area contributed by atoms with Gasteiger partial charge in [-0.3, -0.25) is 0 Å². The van der Waals surface area contributed by atoms with Gasteiger partial charge in [0.15, 0.2) is 11.5 Å². The molecule has 0 unspecified atom stereocenters. The van der Waals surface area contributed by atoms with Gasteiger partial charge in [0, 0.05) is 12.6 Å². The van der Waals surface area contributed by atoms with Gasteiger partial charge in [0.1, 0.15) is 18.0 Å². The number of hydrogen-bond acceptors (Lipinski definition) is 6. The quantitative estimate of drug-likeness (QED) is 0.843. The van der Waals surface area contributed by atoms with E-state index in [1.54, 1.807) is 7.11 Å². The van der Waals surface area contributed by atoms with Gasteiger partial charge in [0.05, 0.1) is 7.11 Å². The van der Waals surface area contributed by atoms with E-state index >= 15 is 0 Å². The topological polar surface area (TPSA) is 69.4 Å². The van der Waals surface area contributed by atoms with Crippen LogP contribution in [-0.2, 0) is 13.2 Å². The van der Waals surface area contributed by atoms with Crippen LogP contribution in [0.1, 0.15) is 29.8 Å². The first-order chi connectivity index (χ1) is 10.3. The SMILES string of the molecule is COc1cc(CNC2CC2)ccc1OCc1nonc1C. The van der Waals surface area contributed by atoms with Gasteiger partial charge in [0.25, 0.3) is 0 Å². The lowest BCUT2D eigenvalue weighted by Crippen LogP contribution is -2.15. The van der Waals surface area contributed by atoms with Crippen LogP contribution >= 0.6 is 0 Å². The molecule has 1 aromatic heterocycles. The van der Waals surface area contributed by atoms with E-state index in [1.807, 2.05) is 25.1 Å². The smallest absolute Gasteiger partial charge is 0.161 e. The molecule has 6 nitrogen and oxygen atoms in total. The van der Waals surface area contributed by atoms with Crippen LogP contribution in [0.4, 0.5) is 0 Å². The maximum atomic E-state index is 5.74. The van der Waals surface area contributed by atoms with Gasteiger partial charge in [0.2, 0.25) is 0 Å². The summed E-state index contributed by atoms with van der Waals surface area (Å²) in [5.41, 5.74) is 2.61. The van der Waals surface area contributed by atoms with Crippen molar-refractivity contribution in [3.63, 3.8) is 0 Å². The first-order valence-corrected chi connectivity index (χ1v) is 7.07. The van der Waals surface area contributed by atoms with Gasteiger partial charge in [-0.25, -0.2) is 4.63 Å². The Morgan fingerprint density at radius 2 is 2.14 bits per heavy atom. The number of hydrogen-bond donors (Lipinski definition) is 1. The third kappa shape index (κ3) is 3.52. The fraction of sp³-hybridized carbons (Fsp3) is 0.467. The van der Waals surface area contributed by atoms with Crippen molar-refractivity contribution < 1.29 is 14.1 Å². The number of aromatic nitrogens is 2. The van der Waals surface area contributed by atoms with Crippen molar-refractivity contribution in [2.24, 2.45) is 0 Å². The molecular formula is C15H19N3O3. The van der Waals surface area contributed by atoms with Gasteiger partial charge < -0.3 is 14.8 Å². The number of nitrogens with one attached hydrogen (secondary N) is 1. The Labute approximate surface area is 123 Å². The summed E-state index contributed by atoms with van der Waals surface area (Å²) in [4.78, 5) is 0. The third-order valence-electron chi connectivity index (χ3n) is 3.51. The summed E-state index contributed by atoms with van der Waals surface area (Å²) in [5, 5.41) is 11.0. The summed E-state index contributed by atoms with van der Waals surface area (Å²) in [6.45, 7) is 3.00. The molecule has 0 spiro atoms. The molecule has 2 aromatic rings. The van der Waals surface area contributed by atoms with E-state index in [2.05, 4.69) is 20.3 Å². The summed E-state index contributed by atoms with van der Waals surface area (Å²) in [6, 6.07) is 6.65.